The highest BCUT2D eigenvalue weighted by molar-refractivity contribution is 5.33. The summed E-state index contributed by atoms with van der Waals surface area (Å²) >= 11 is 0. The standard InChI is InChI=1S/C15H18N2O/c1-17-11-15(16)12-7-9-14(10-8-12)18-13-5-3-2-4-6-13/h2-10,15,17H,11,16H2,1H3. The highest BCUT2D eigenvalue weighted by Crippen LogP contribution is 2.22. The summed E-state index contributed by atoms with van der Waals surface area (Å²) in [4.78, 5) is 0. The second-order valence-corrected chi connectivity index (χ2v) is 4.15. The van der Waals surface area contributed by atoms with E-state index in [9.17, 15) is 0 Å². The minimum atomic E-state index is 0.0146. The molecular weight excluding hydrogens is 224 g/mol. The van der Waals surface area contributed by atoms with Crippen molar-refractivity contribution >= 4 is 0 Å². The van der Waals surface area contributed by atoms with E-state index in [-0.39, 0.29) is 6.04 Å². The quantitative estimate of drug-likeness (QED) is 0.847. The summed E-state index contributed by atoms with van der Waals surface area (Å²) in [6.07, 6.45) is 0. The van der Waals surface area contributed by atoms with E-state index >= 15 is 0 Å². The van der Waals surface area contributed by atoms with Gasteiger partial charge in [-0.1, -0.05) is 30.3 Å². The first-order valence-corrected chi connectivity index (χ1v) is 6.02. The van der Waals surface area contributed by atoms with Crippen LogP contribution in [0.25, 0.3) is 0 Å². The monoisotopic (exact) mass is 242 g/mol. The van der Waals surface area contributed by atoms with Crippen LogP contribution < -0.4 is 15.8 Å². The van der Waals surface area contributed by atoms with E-state index in [1.54, 1.807) is 0 Å². The van der Waals surface area contributed by atoms with E-state index in [0.29, 0.717) is 0 Å². The van der Waals surface area contributed by atoms with Crippen molar-refractivity contribution in [3.63, 3.8) is 0 Å². The molecule has 0 radical (unpaired) electrons. The molecule has 94 valence electrons. The molecule has 0 amide bonds. The summed E-state index contributed by atoms with van der Waals surface area (Å²) in [5.74, 6) is 1.66. The van der Waals surface area contributed by atoms with Gasteiger partial charge in [-0.15, -0.1) is 0 Å². The highest BCUT2D eigenvalue weighted by Gasteiger charge is 2.04. The molecule has 0 aliphatic heterocycles. The molecule has 1 atom stereocenters. The van der Waals surface area contributed by atoms with Crippen LogP contribution in [-0.4, -0.2) is 13.6 Å². The number of nitrogens with one attached hydrogen (secondary N) is 1. The molecule has 0 fully saturated rings. The average Bonchev–Trinajstić information content (AvgIpc) is 2.41. The van der Waals surface area contributed by atoms with Gasteiger partial charge in [0.25, 0.3) is 0 Å². The van der Waals surface area contributed by atoms with Gasteiger partial charge in [-0.2, -0.15) is 0 Å². The molecule has 0 saturated carbocycles. The number of hydrogen-bond donors (Lipinski definition) is 2. The van der Waals surface area contributed by atoms with Crippen molar-refractivity contribution < 1.29 is 4.74 Å². The lowest BCUT2D eigenvalue weighted by Crippen LogP contribution is -2.23. The van der Waals surface area contributed by atoms with Gasteiger partial charge >= 0.3 is 0 Å². The molecule has 0 aliphatic rings. The summed E-state index contributed by atoms with van der Waals surface area (Å²) in [5, 5.41) is 3.06. The van der Waals surface area contributed by atoms with Gasteiger partial charge in [0.15, 0.2) is 0 Å². The van der Waals surface area contributed by atoms with E-state index in [1.807, 2.05) is 61.6 Å². The van der Waals surface area contributed by atoms with Crippen LogP contribution >= 0.6 is 0 Å². The molecule has 2 rings (SSSR count). The van der Waals surface area contributed by atoms with Gasteiger partial charge < -0.3 is 15.8 Å². The van der Waals surface area contributed by atoms with Crippen LogP contribution in [0.5, 0.6) is 11.5 Å². The van der Waals surface area contributed by atoms with Crippen LogP contribution in [0.1, 0.15) is 11.6 Å². The summed E-state index contributed by atoms with van der Waals surface area (Å²) < 4.78 is 5.72. The maximum atomic E-state index is 6.00. The molecule has 1 unspecified atom stereocenters. The van der Waals surface area contributed by atoms with Crippen molar-refractivity contribution in [3.8, 4) is 11.5 Å². The highest BCUT2D eigenvalue weighted by atomic mass is 16.5. The Bertz CT molecular complexity index is 468. The van der Waals surface area contributed by atoms with Crippen LogP contribution in [0, 0.1) is 0 Å². The minimum Gasteiger partial charge on any atom is -0.457 e. The maximum Gasteiger partial charge on any atom is 0.127 e. The zero-order valence-electron chi connectivity index (χ0n) is 10.5. The zero-order valence-corrected chi connectivity index (χ0v) is 10.5. The van der Waals surface area contributed by atoms with E-state index in [1.165, 1.54) is 0 Å². The van der Waals surface area contributed by atoms with Gasteiger partial charge in [0, 0.05) is 12.6 Å². The number of likely N-dealkylation sites (N-methyl/N-ethyl adjacent to an activating group) is 1. The first-order valence-electron chi connectivity index (χ1n) is 6.02. The van der Waals surface area contributed by atoms with Gasteiger partial charge in [0.05, 0.1) is 0 Å². The Hall–Kier alpha value is -1.84. The van der Waals surface area contributed by atoms with Crippen LogP contribution in [-0.2, 0) is 0 Å². The number of benzene rings is 2. The second kappa shape index (κ2) is 6.19. The van der Waals surface area contributed by atoms with Gasteiger partial charge in [0.1, 0.15) is 11.5 Å². The lowest BCUT2D eigenvalue weighted by Gasteiger charge is -2.12. The van der Waals surface area contributed by atoms with Crippen LogP contribution in [0.2, 0.25) is 0 Å². The minimum absolute atomic E-state index is 0.0146. The fourth-order valence-electron chi connectivity index (χ4n) is 1.75. The fourth-order valence-corrected chi connectivity index (χ4v) is 1.75. The predicted octanol–water partition coefficient (Wildman–Crippen LogP) is 2.70. The number of rotatable bonds is 5. The Labute approximate surface area is 108 Å². The molecule has 2 aromatic rings. The molecule has 0 bridgehead atoms. The number of para-hydroxylation sites is 1. The van der Waals surface area contributed by atoms with Crippen molar-refractivity contribution in [2.24, 2.45) is 5.73 Å². The third-order valence-electron chi connectivity index (χ3n) is 2.71. The smallest absolute Gasteiger partial charge is 0.127 e. The van der Waals surface area contributed by atoms with Crippen molar-refractivity contribution in [1.82, 2.24) is 5.32 Å². The van der Waals surface area contributed by atoms with Gasteiger partial charge in [0.2, 0.25) is 0 Å². The van der Waals surface area contributed by atoms with Crippen molar-refractivity contribution in [2.45, 2.75) is 6.04 Å². The first kappa shape index (κ1) is 12.6. The summed E-state index contributed by atoms with van der Waals surface area (Å²) in [6.45, 7) is 0.763. The molecule has 3 heteroatoms. The molecule has 0 aromatic heterocycles. The lowest BCUT2D eigenvalue weighted by molar-refractivity contribution is 0.482. The topological polar surface area (TPSA) is 47.3 Å². The number of nitrogens with two attached hydrogens (primary N) is 1. The Morgan fingerprint density at radius 3 is 2.22 bits per heavy atom. The Kier molecular flexibility index (Phi) is 4.34. The van der Waals surface area contributed by atoms with E-state index in [2.05, 4.69) is 5.32 Å². The molecule has 0 heterocycles. The van der Waals surface area contributed by atoms with Crippen LogP contribution in [0.4, 0.5) is 0 Å². The van der Waals surface area contributed by atoms with Crippen LogP contribution in [0.15, 0.2) is 54.6 Å². The molecule has 3 nitrogen and oxygen atoms in total. The zero-order chi connectivity index (χ0) is 12.8. The predicted molar refractivity (Wildman–Crippen MR) is 73.8 cm³/mol. The van der Waals surface area contributed by atoms with E-state index in [0.717, 1.165) is 23.6 Å². The van der Waals surface area contributed by atoms with Crippen LogP contribution in [0.3, 0.4) is 0 Å². The Balaban J connectivity index is 2.04. The molecule has 0 spiro atoms. The molecule has 2 aromatic carbocycles. The Morgan fingerprint density at radius 1 is 1.00 bits per heavy atom. The SMILES string of the molecule is CNCC(N)c1ccc(Oc2ccccc2)cc1. The van der Waals surface area contributed by atoms with Gasteiger partial charge in [-0.3, -0.25) is 0 Å². The third kappa shape index (κ3) is 3.32. The lowest BCUT2D eigenvalue weighted by atomic mass is 10.1. The molecule has 3 N–H and O–H groups in total. The second-order valence-electron chi connectivity index (χ2n) is 4.15. The summed E-state index contributed by atoms with van der Waals surface area (Å²) in [5.41, 5.74) is 7.11. The van der Waals surface area contributed by atoms with E-state index < -0.39 is 0 Å². The van der Waals surface area contributed by atoms with Crippen molar-refractivity contribution in [2.75, 3.05) is 13.6 Å². The molecule has 18 heavy (non-hydrogen) atoms. The first-order chi connectivity index (χ1) is 8.79. The maximum absolute atomic E-state index is 6.00. The average molecular weight is 242 g/mol. The molecular formula is C15H18N2O. The summed E-state index contributed by atoms with van der Waals surface area (Å²) in [7, 11) is 1.90. The Morgan fingerprint density at radius 2 is 1.61 bits per heavy atom. The van der Waals surface area contributed by atoms with Crippen molar-refractivity contribution in [1.29, 1.82) is 0 Å². The van der Waals surface area contributed by atoms with E-state index in [4.69, 9.17) is 10.5 Å². The van der Waals surface area contributed by atoms with Gasteiger partial charge in [-0.05, 0) is 36.9 Å². The number of ether oxygens (including phenoxy) is 1. The van der Waals surface area contributed by atoms with Crippen molar-refractivity contribution in [3.05, 3.63) is 60.2 Å². The third-order valence-corrected chi connectivity index (χ3v) is 2.71. The van der Waals surface area contributed by atoms with Gasteiger partial charge in [-0.25, -0.2) is 0 Å². The molecule has 0 aliphatic carbocycles. The number of hydrogen-bond acceptors (Lipinski definition) is 3. The fraction of sp³-hybridized carbons (Fsp3) is 0.200. The largest absolute Gasteiger partial charge is 0.457 e. The normalized spacial score (nSPS) is 12.1. The summed E-state index contributed by atoms with van der Waals surface area (Å²) in [6, 6.07) is 17.6. The molecule has 0 saturated heterocycles.